The SMILES string of the molecule is Cc1ccc(S(=O)(=O)n2ccc3c(C(C)(N)c4nc5ccc(C#N)cc5[nH]4)c(C)cc(C)c32)cc1. The van der Waals surface area contributed by atoms with Crippen molar-refractivity contribution in [2.24, 2.45) is 5.73 Å². The van der Waals surface area contributed by atoms with E-state index in [1.54, 1.807) is 54.7 Å². The van der Waals surface area contributed by atoms with Crippen molar-refractivity contribution in [1.29, 1.82) is 5.26 Å². The molecule has 0 saturated heterocycles. The van der Waals surface area contributed by atoms with Crippen LogP contribution in [0.3, 0.4) is 0 Å². The molecular weight excluding hydrogens is 458 g/mol. The molecule has 1 unspecified atom stereocenters. The van der Waals surface area contributed by atoms with Crippen LogP contribution in [0.25, 0.3) is 21.9 Å². The second-order valence-electron chi connectivity index (χ2n) is 9.21. The molecule has 0 saturated carbocycles. The molecule has 0 spiro atoms. The molecule has 0 aliphatic carbocycles. The van der Waals surface area contributed by atoms with Crippen LogP contribution in [0.4, 0.5) is 0 Å². The lowest BCUT2D eigenvalue weighted by Crippen LogP contribution is -2.36. The van der Waals surface area contributed by atoms with Crippen LogP contribution in [0.5, 0.6) is 0 Å². The molecule has 0 amide bonds. The number of nitrogens with zero attached hydrogens (tertiary/aromatic N) is 3. The van der Waals surface area contributed by atoms with Crippen LogP contribution in [0.2, 0.25) is 0 Å². The molecule has 3 N–H and O–H groups in total. The van der Waals surface area contributed by atoms with E-state index < -0.39 is 15.6 Å². The molecule has 8 heteroatoms. The number of aryl methyl sites for hydroxylation is 3. The predicted molar refractivity (Wildman–Crippen MR) is 137 cm³/mol. The van der Waals surface area contributed by atoms with Crippen LogP contribution in [0.1, 0.15) is 40.6 Å². The summed E-state index contributed by atoms with van der Waals surface area (Å²) in [5.41, 5.74) is 12.0. The molecule has 0 bridgehead atoms. The first-order chi connectivity index (χ1) is 16.5. The Bertz CT molecular complexity index is 1770. The van der Waals surface area contributed by atoms with E-state index in [1.165, 1.54) is 3.97 Å². The highest BCUT2D eigenvalue weighted by Gasteiger charge is 2.33. The van der Waals surface area contributed by atoms with Crippen molar-refractivity contribution in [3.63, 3.8) is 0 Å². The Morgan fingerprint density at radius 1 is 1.03 bits per heavy atom. The van der Waals surface area contributed by atoms with Gasteiger partial charge in [0.2, 0.25) is 0 Å². The minimum absolute atomic E-state index is 0.225. The Balaban J connectivity index is 1.73. The molecular formula is C27H25N5O2S. The largest absolute Gasteiger partial charge is 0.340 e. The molecule has 1 atom stereocenters. The lowest BCUT2D eigenvalue weighted by atomic mass is 9.85. The Labute approximate surface area is 203 Å². The number of hydrogen-bond acceptors (Lipinski definition) is 5. The third-order valence-corrected chi connectivity index (χ3v) is 8.21. The number of rotatable bonds is 4. The van der Waals surface area contributed by atoms with Crippen LogP contribution >= 0.6 is 0 Å². The number of nitrogens with two attached hydrogens (primary N) is 1. The number of benzene rings is 3. The fraction of sp³-hybridized carbons (Fsp3) is 0.185. The molecule has 0 aliphatic rings. The number of aromatic amines is 1. The third-order valence-electron chi connectivity index (χ3n) is 6.52. The Kier molecular flexibility index (Phi) is 5.09. The van der Waals surface area contributed by atoms with E-state index in [4.69, 9.17) is 10.7 Å². The standard InChI is InChI=1S/C27H25N5O2S/c1-16-5-8-20(9-6-16)35(33,34)32-12-11-21-24(17(2)13-18(3)25(21)32)27(4,29)26-30-22-10-7-19(15-28)14-23(22)31-26/h5-14H,29H2,1-4H3,(H,30,31). The molecule has 5 rings (SSSR count). The molecule has 2 heterocycles. The molecule has 7 nitrogen and oxygen atoms in total. The number of imidazole rings is 1. The van der Waals surface area contributed by atoms with Crippen LogP contribution in [0.15, 0.2) is 65.7 Å². The average molecular weight is 484 g/mol. The van der Waals surface area contributed by atoms with Gasteiger partial charge in [0.15, 0.2) is 0 Å². The van der Waals surface area contributed by atoms with E-state index >= 15 is 0 Å². The Morgan fingerprint density at radius 2 is 1.74 bits per heavy atom. The number of fused-ring (bicyclic) bond motifs is 2. The Hall–Kier alpha value is -3.93. The van der Waals surface area contributed by atoms with Crippen molar-refractivity contribution in [3.05, 3.63) is 94.4 Å². The molecule has 176 valence electrons. The third kappa shape index (κ3) is 3.52. The smallest absolute Gasteiger partial charge is 0.268 e. The zero-order valence-corrected chi connectivity index (χ0v) is 20.7. The van der Waals surface area contributed by atoms with Gasteiger partial charge in [0.1, 0.15) is 5.82 Å². The Morgan fingerprint density at radius 3 is 2.43 bits per heavy atom. The van der Waals surface area contributed by atoms with Gasteiger partial charge in [0.05, 0.1) is 38.6 Å². The molecule has 3 aromatic carbocycles. The first-order valence-corrected chi connectivity index (χ1v) is 12.6. The van der Waals surface area contributed by atoms with Gasteiger partial charge in [-0.05, 0) is 80.8 Å². The monoisotopic (exact) mass is 483 g/mol. The van der Waals surface area contributed by atoms with Gasteiger partial charge in [-0.15, -0.1) is 0 Å². The first-order valence-electron chi connectivity index (χ1n) is 11.2. The van der Waals surface area contributed by atoms with Crippen molar-refractivity contribution in [3.8, 4) is 6.07 Å². The molecule has 5 aromatic rings. The van der Waals surface area contributed by atoms with Gasteiger partial charge in [-0.3, -0.25) is 0 Å². The van der Waals surface area contributed by atoms with E-state index in [9.17, 15) is 13.7 Å². The molecule has 2 aromatic heterocycles. The summed E-state index contributed by atoms with van der Waals surface area (Å²) in [4.78, 5) is 8.20. The normalized spacial score (nSPS) is 13.7. The molecule has 0 aliphatic heterocycles. The summed E-state index contributed by atoms with van der Waals surface area (Å²) in [6.45, 7) is 7.65. The van der Waals surface area contributed by atoms with Crippen LogP contribution in [-0.4, -0.2) is 22.4 Å². The lowest BCUT2D eigenvalue weighted by molar-refractivity contribution is 0.568. The fourth-order valence-corrected chi connectivity index (χ4v) is 6.25. The summed E-state index contributed by atoms with van der Waals surface area (Å²) >= 11 is 0. The van der Waals surface area contributed by atoms with E-state index in [0.29, 0.717) is 22.4 Å². The van der Waals surface area contributed by atoms with Crippen LogP contribution in [0, 0.1) is 32.1 Å². The summed E-state index contributed by atoms with van der Waals surface area (Å²) in [6.07, 6.45) is 1.59. The highest BCUT2D eigenvalue weighted by molar-refractivity contribution is 7.90. The van der Waals surface area contributed by atoms with Gasteiger partial charge in [-0.2, -0.15) is 5.26 Å². The predicted octanol–water partition coefficient (Wildman–Crippen LogP) is 4.77. The van der Waals surface area contributed by atoms with Gasteiger partial charge in [-0.25, -0.2) is 17.4 Å². The molecule has 0 fully saturated rings. The van der Waals surface area contributed by atoms with E-state index in [1.807, 2.05) is 33.8 Å². The van der Waals surface area contributed by atoms with E-state index in [-0.39, 0.29) is 4.90 Å². The number of aromatic nitrogens is 3. The van der Waals surface area contributed by atoms with Crippen molar-refractivity contribution in [1.82, 2.24) is 13.9 Å². The van der Waals surface area contributed by atoms with E-state index in [0.717, 1.165) is 33.2 Å². The summed E-state index contributed by atoms with van der Waals surface area (Å²) in [6, 6.07) is 18.0. The van der Waals surface area contributed by atoms with Crippen molar-refractivity contribution >= 4 is 32.0 Å². The second kappa shape index (κ2) is 7.80. The minimum Gasteiger partial charge on any atom is -0.340 e. The quantitative estimate of drug-likeness (QED) is 0.382. The van der Waals surface area contributed by atoms with Gasteiger partial charge in [0, 0.05) is 11.6 Å². The fourth-order valence-electron chi connectivity index (χ4n) is 4.84. The number of hydrogen-bond donors (Lipinski definition) is 2. The molecule has 0 radical (unpaired) electrons. The zero-order chi connectivity index (χ0) is 25.1. The van der Waals surface area contributed by atoms with Gasteiger partial charge >= 0.3 is 0 Å². The van der Waals surface area contributed by atoms with Crippen LogP contribution < -0.4 is 5.73 Å². The minimum atomic E-state index is -3.81. The van der Waals surface area contributed by atoms with Gasteiger partial charge < -0.3 is 10.7 Å². The van der Waals surface area contributed by atoms with Gasteiger partial charge in [-0.1, -0.05) is 23.8 Å². The summed E-state index contributed by atoms with van der Waals surface area (Å²) in [5, 5.41) is 9.98. The van der Waals surface area contributed by atoms with Crippen LogP contribution in [-0.2, 0) is 15.6 Å². The zero-order valence-electron chi connectivity index (χ0n) is 19.9. The maximum atomic E-state index is 13.6. The lowest BCUT2D eigenvalue weighted by Gasteiger charge is -2.26. The first kappa shape index (κ1) is 22.8. The highest BCUT2D eigenvalue weighted by atomic mass is 32.2. The van der Waals surface area contributed by atoms with Crippen molar-refractivity contribution < 1.29 is 8.42 Å². The maximum absolute atomic E-state index is 13.6. The number of H-pyrrole nitrogens is 1. The maximum Gasteiger partial charge on any atom is 0.268 e. The number of nitriles is 1. The van der Waals surface area contributed by atoms with Gasteiger partial charge in [0.25, 0.3) is 10.0 Å². The number of nitrogens with one attached hydrogen (secondary N) is 1. The molecule has 35 heavy (non-hydrogen) atoms. The highest BCUT2D eigenvalue weighted by Crippen LogP contribution is 2.37. The second-order valence-corrected chi connectivity index (χ2v) is 11.0. The van der Waals surface area contributed by atoms with Crippen molar-refractivity contribution in [2.75, 3.05) is 0 Å². The van der Waals surface area contributed by atoms with Crippen molar-refractivity contribution in [2.45, 2.75) is 38.1 Å². The summed E-state index contributed by atoms with van der Waals surface area (Å²) in [5.74, 6) is 0.532. The topological polar surface area (TPSA) is 118 Å². The van der Waals surface area contributed by atoms with E-state index in [2.05, 4.69) is 11.1 Å². The summed E-state index contributed by atoms with van der Waals surface area (Å²) in [7, 11) is -3.81. The average Bonchev–Trinajstić information content (AvgIpc) is 3.44. The summed E-state index contributed by atoms with van der Waals surface area (Å²) < 4.78 is 28.4.